The highest BCUT2D eigenvalue weighted by molar-refractivity contribution is 7.89. The predicted molar refractivity (Wildman–Crippen MR) is 96.5 cm³/mol. The van der Waals surface area contributed by atoms with Crippen LogP contribution in [0.4, 0.5) is 8.78 Å². The van der Waals surface area contributed by atoms with Crippen LogP contribution in [0.3, 0.4) is 0 Å². The minimum absolute atomic E-state index is 0.0234. The van der Waals surface area contributed by atoms with E-state index in [1.165, 1.54) is 42.3 Å². The Kier molecular flexibility index (Phi) is 5.57. The summed E-state index contributed by atoms with van der Waals surface area (Å²) in [7, 11) is -2.17. The van der Waals surface area contributed by atoms with Crippen LogP contribution < -0.4 is 4.72 Å². The van der Waals surface area contributed by atoms with Gasteiger partial charge in [-0.3, -0.25) is 4.79 Å². The fraction of sp³-hybridized carbons (Fsp3) is 0.316. The molecule has 144 valence electrons. The highest BCUT2D eigenvalue weighted by atomic mass is 32.2. The van der Waals surface area contributed by atoms with Crippen LogP contribution in [-0.2, 0) is 16.6 Å². The van der Waals surface area contributed by atoms with Gasteiger partial charge in [-0.05, 0) is 54.7 Å². The Morgan fingerprint density at radius 2 is 1.89 bits per heavy atom. The molecule has 1 N–H and O–H groups in total. The maximum atomic E-state index is 13.3. The zero-order valence-corrected chi connectivity index (χ0v) is 15.6. The van der Waals surface area contributed by atoms with E-state index in [-0.39, 0.29) is 17.0 Å². The van der Waals surface area contributed by atoms with Gasteiger partial charge in [0.15, 0.2) is 11.6 Å². The average Bonchev–Trinajstić information content (AvgIpc) is 3.47. The molecule has 1 amide bonds. The molecule has 5 nitrogen and oxygen atoms in total. The van der Waals surface area contributed by atoms with Gasteiger partial charge in [-0.1, -0.05) is 12.1 Å². The Morgan fingerprint density at radius 3 is 2.56 bits per heavy atom. The largest absolute Gasteiger partial charge is 0.337 e. The zero-order chi connectivity index (χ0) is 19.6. The van der Waals surface area contributed by atoms with Crippen molar-refractivity contribution < 1.29 is 22.0 Å². The number of carbonyl (C=O) groups excluding carboxylic acids is 1. The van der Waals surface area contributed by atoms with Crippen LogP contribution in [0.2, 0.25) is 0 Å². The van der Waals surface area contributed by atoms with Gasteiger partial charge in [0.05, 0.1) is 4.90 Å². The van der Waals surface area contributed by atoms with Crippen molar-refractivity contribution in [3.05, 3.63) is 65.2 Å². The second-order valence-electron chi connectivity index (χ2n) is 6.73. The van der Waals surface area contributed by atoms with E-state index in [2.05, 4.69) is 4.72 Å². The number of nitrogens with one attached hydrogen (secondary N) is 1. The fourth-order valence-corrected chi connectivity index (χ4v) is 3.79. The number of carbonyl (C=O) groups is 1. The van der Waals surface area contributed by atoms with Crippen molar-refractivity contribution in [3.63, 3.8) is 0 Å². The van der Waals surface area contributed by atoms with Crippen molar-refractivity contribution in [2.45, 2.75) is 24.3 Å². The monoisotopic (exact) mass is 394 g/mol. The van der Waals surface area contributed by atoms with Crippen molar-refractivity contribution in [3.8, 4) is 0 Å². The van der Waals surface area contributed by atoms with E-state index in [4.69, 9.17) is 0 Å². The number of benzene rings is 2. The third kappa shape index (κ3) is 4.90. The Hall–Kier alpha value is -2.32. The average molecular weight is 394 g/mol. The predicted octanol–water partition coefficient (Wildman–Crippen LogP) is 2.93. The Labute approximate surface area is 157 Å². The summed E-state index contributed by atoms with van der Waals surface area (Å²) < 4.78 is 53.6. The molecule has 0 aliphatic heterocycles. The molecule has 1 aliphatic carbocycles. The van der Waals surface area contributed by atoms with Crippen LogP contribution in [0.25, 0.3) is 0 Å². The normalized spacial score (nSPS) is 14.2. The first kappa shape index (κ1) is 19.4. The lowest BCUT2D eigenvalue weighted by molar-refractivity contribution is 0.0784. The molecule has 0 spiro atoms. The van der Waals surface area contributed by atoms with E-state index < -0.39 is 27.6 Å². The molecule has 27 heavy (non-hydrogen) atoms. The molecule has 8 heteroatoms. The lowest BCUT2D eigenvalue weighted by atomic mass is 10.1. The van der Waals surface area contributed by atoms with Crippen molar-refractivity contribution in [1.29, 1.82) is 0 Å². The Morgan fingerprint density at radius 1 is 1.15 bits per heavy atom. The molecule has 0 bridgehead atoms. The fourth-order valence-electron chi connectivity index (χ4n) is 2.63. The minimum Gasteiger partial charge on any atom is -0.337 e. The second kappa shape index (κ2) is 7.74. The van der Waals surface area contributed by atoms with Crippen molar-refractivity contribution in [1.82, 2.24) is 9.62 Å². The Bertz CT molecular complexity index is 959. The van der Waals surface area contributed by atoms with Crippen molar-refractivity contribution >= 4 is 15.9 Å². The van der Waals surface area contributed by atoms with Gasteiger partial charge in [0.2, 0.25) is 10.0 Å². The number of amides is 1. The van der Waals surface area contributed by atoms with Gasteiger partial charge >= 0.3 is 0 Å². The first-order valence-corrected chi connectivity index (χ1v) is 10.0. The maximum absolute atomic E-state index is 13.3. The number of nitrogens with zero attached hydrogens (tertiary/aromatic N) is 1. The van der Waals surface area contributed by atoms with Gasteiger partial charge in [0.25, 0.3) is 5.91 Å². The number of halogens is 2. The van der Waals surface area contributed by atoms with Gasteiger partial charge in [-0.25, -0.2) is 21.9 Å². The third-order valence-electron chi connectivity index (χ3n) is 4.40. The molecular weight excluding hydrogens is 374 g/mol. The Balaban J connectivity index is 1.72. The molecule has 0 unspecified atom stereocenters. The lowest BCUT2D eigenvalue weighted by Crippen LogP contribution is -2.28. The van der Waals surface area contributed by atoms with Gasteiger partial charge < -0.3 is 4.90 Å². The van der Waals surface area contributed by atoms with Gasteiger partial charge in [0.1, 0.15) is 0 Å². The molecule has 0 saturated heterocycles. The molecule has 0 atom stereocenters. The number of hydrogen-bond donors (Lipinski definition) is 1. The zero-order valence-electron chi connectivity index (χ0n) is 14.8. The molecule has 2 aromatic rings. The standard InChI is InChI=1S/C19H20F2N2O3S/c1-23(12-14-7-8-17(20)18(21)9-14)19(24)15-3-2-4-16(10-15)27(25,26)22-11-13-5-6-13/h2-4,7-10,13,22H,5-6,11-12H2,1H3. The van der Waals surface area contributed by atoms with Crippen LogP contribution in [0.1, 0.15) is 28.8 Å². The highest BCUT2D eigenvalue weighted by Crippen LogP contribution is 2.28. The van der Waals surface area contributed by atoms with E-state index >= 15 is 0 Å². The lowest BCUT2D eigenvalue weighted by Gasteiger charge is -2.18. The summed E-state index contributed by atoms with van der Waals surface area (Å²) in [4.78, 5) is 13.9. The van der Waals surface area contributed by atoms with Crippen LogP contribution in [0.15, 0.2) is 47.4 Å². The van der Waals surface area contributed by atoms with Gasteiger partial charge in [-0.2, -0.15) is 0 Å². The second-order valence-corrected chi connectivity index (χ2v) is 8.50. The third-order valence-corrected chi connectivity index (χ3v) is 5.82. The maximum Gasteiger partial charge on any atom is 0.253 e. The molecule has 0 radical (unpaired) electrons. The first-order chi connectivity index (χ1) is 12.8. The van der Waals surface area contributed by atoms with Gasteiger partial charge in [-0.15, -0.1) is 0 Å². The van der Waals surface area contributed by atoms with E-state index in [1.54, 1.807) is 0 Å². The molecule has 3 rings (SSSR count). The van der Waals surface area contributed by atoms with Crippen LogP contribution in [0, 0.1) is 17.6 Å². The van der Waals surface area contributed by atoms with Crippen LogP contribution in [0.5, 0.6) is 0 Å². The smallest absolute Gasteiger partial charge is 0.253 e. The molecule has 0 aromatic heterocycles. The minimum atomic E-state index is -3.68. The molecular formula is C19H20F2N2O3S. The molecule has 1 fully saturated rings. The topological polar surface area (TPSA) is 66.5 Å². The summed E-state index contributed by atoms with van der Waals surface area (Å²) in [6.07, 6.45) is 2.05. The molecule has 2 aromatic carbocycles. The summed E-state index contributed by atoms with van der Waals surface area (Å²) in [6, 6.07) is 9.20. The van der Waals surface area contributed by atoms with Crippen molar-refractivity contribution in [2.75, 3.05) is 13.6 Å². The van der Waals surface area contributed by atoms with E-state index in [1.807, 2.05) is 0 Å². The summed E-state index contributed by atoms with van der Waals surface area (Å²) in [5, 5.41) is 0. The van der Waals surface area contributed by atoms with Crippen LogP contribution >= 0.6 is 0 Å². The molecule has 0 heterocycles. The SMILES string of the molecule is CN(Cc1ccc(F)c(F)c1)C(=O)c1cccc(S(=O)(=O)NCC2CC2)c1. The number of rotatable bonds is 7. The number of hydrogen-bond acceptors (Lipinski definition) is 3. The summed E-state index contributed by atoms with van der Waals surface area (Å²) in [6.45, 7) is 0.462. The van der Waals surface area contributed by atoms with E-state index in [9.17, 15) is 22.0 Å². The molecule has 1 aliphatic rings. The number of sulfonamides is 1. The van der Waals surface area contributed by atoms with Crippen LogP contribution in [-0.4, -0.2) is 32.8 Å². The summed E-state index contributed by atoms with van der Waals surface area (Å²) in [5.41, 5.74) is 0.633. The van der Waals surface area contributed by atoms with E-state index in [0.717, 1.165) is 25.0 Å². The first-order valence-electron chi connectivity index (χ1n) is 8.55. The van der Waals surface area contributed by atoms with Crippen molar-refractivity contribution in [2.24, 2.45) is 5.92 Å². The quantitative estimate of drug-likeness (QED) is 0.785. The molecule has 1 saturated carbocycles. The van der Waals surface area contributed by atoms with E-state index in [0.29, 0.717) is 18.0 Å². The highest BCUT2D eigenvalue weighted by Gasteiger charge is 2.25. The summed E-state index contributed by atoms with van der Waals surface area (Å²) in [5.74, 6) is -1.96. The summed E-state index contributed by atoms with van der Waals surface area (Å²) >= 11 is 0. The van der Waals surface area contributed by atoms with Gasteiger partial charge in [0, 0.05) is 25.7 Å².